The van der Waals surface area contributed by atoms with Crippen LogP contribution in [-0.2, 0) is 10.2 Å². The Kier molecular flexibility index (Phi) is 6.07. The van der Waals surface area contributed by atoms with Crippen LogP contribution in [-0.4, -0.2) is 26.0 Å². The van der Waals surface area contributed by atoms with Gasteiger partial charge in [-0.2, -0.15) is 0 Å². The summed E-state index contributed by atoms with van der Waals surface area (Å²) in [6, 6.07) is 8.12. The van der Waals surface area contributed by atoms with Crippen molar-refractivity contribution in [2.45, 2.75) is 43.9 Å². The topological polar surface area (TPSA) is 41.1 Å². The normalized spacial score (nSPS) is 16.9. The maximum Gasteiger partial charge on any atom is 0.220 e. The van der Waals surface area contributed by atoms with E-state index in [2.05, 4.69) is 22.8 Å². The molecule has 1 fully saturated rings. The van der Waals surface area contributed by atoms with Crippen molar-refractivity contribution in [2.75, 3.05) is 20.1 Å². The fourth-order valence-corrected chi connectivity index (χ4v) is 3.33. The fraction of sp³-hybridized carbons (Fsp3) is 0.588. The van der Waals surface area contributed by atoms with E-state index in [0.29, 0.717) is 6.42 Å². The van der Waals surface area contributed by atoms with Gasteiger partial charge in [0.05, 0.1) is 0 Å². The highest BCUT2D eigenvalue weighted by Gasteiger charge is 2.35. The first-order valence-electron chi connectivity index (χ1n) is 7.84. The van der Waals surface area contributed by atoms with Crippen molar-refractivity contribution in [3.05, 3.63) is 34.9 Å². The lowest BCUT2D eigenvalue weighted by molar-refractivity contribution is -0.121. The first-order valence-corrected chi connectivity index (χ1v) is 8.21. The van der Waals surface area contributed by atoms with Crippen LogP contribution in [0.5, 0.6) is 0 Å². The summed E-state index contributed by atoms with van der Waals surface area (Å²) in [7, 11) is 1.91. The lowest BCUT2D eigenvalue weighted by atomic mass is 9.79. The average Bonchev–Trinajstić information content (AvgIpc) is 2.96. The molecule has 21 heavy (non-hydrogen) atoms. The van der Waals surface area contributed by atoms with Gasteiger partial charge in [-0.25, -0.2) is 0 Å². The molecule has 0 unspecified atom stereocenters. The Hall–Kier alpha value is -1.06. The largest absolute Gasteiger partial charge is 0.355 e. The van der Waals surface area contributed by atoms with Gasteiger partial charge < -0.3 is 10.6 Å². The maximum absolute atomic E-state index is 11.9. The highest BCUT2D eigenvalue weighted by Crippen LogP contribution is 2.40. The van der Waals surface area contributed by atoms with Gasteiger partial charge in [-0.3, -0.25) is 4.79 Å². The summed E-state index contributed by atoms with van der Waals surface area (Å²) >= 11 is 5.99. The predicted molar refractivity (Wildman–Crippen MR) is 87.8 cm³/mol. The Morgan fingerprint density at radius 3 is 2.52 bits per heavy atom. The van der Waals surface area contributed by atoms with Gasteiger partial charge in [0.2, 0.25) is 5.91 Å². The third-order valence-electron chi connectivity index (χ3n) is 4.47. The molecule has 0 heterocycles. The molecular formula is C17H25ClN2O. The number of halogens is 1. The van der Waals surface area contributed by atoms with E-state index in [9.17, 15) is 4.79 Å². The molecule has 2 rings (SSSR count). The third-order valence-corrected chi connectivity index (χ3v) is 4.72. The van der Waals surface area contributed by atoms with E-state index in [1.165, 1.54) is 18.4 Å². The van der Waals surface area contributed by atoms with Gasteiger partial charge in [0.25, 0.3) is 0 Å². The zero-order valence-corrected chi connectivity index (χ0v) is 13.5. The average molecular weight is 309 g/mol. The molecule has 0 aromatic heterocycles. The lowest BCUT2D eigenvalue weighted by Gasteiger charge is -2.30. The van der Waals surface area contributed by atoms with Crippen LogP contribution in [0.4, 0.5) is 0 Å². The summed E-state index contributed by atoms with van der Waals surface area (Å²) in [5.74, 6) is 0.158. The Balaban J connectivity index is 1.96. The number of hydrogen-bond acceptors (Lipinski definition) is 2. The van der Waals surface area contributed by atoms with Gasteiger partial charge >= 0.3 is 0 Å². The summed E-state index contributed by atoms with van der Waals surface area (Å²) in [4.78, 5) is 11.9. The molecule has 3 nitrogen and oxygen atoms in total. The van der Waals surface area contributed by atoms with E-state index in [0.717, 1.165) is 37.4 Å². The van der Waals surface area contributed by atoms with E-state index < -0.39 is 0 Å². The van der Waals surface area contributed by atoms with Crippen LogP contribution in [0.3, 0.4) is 0 Å². The number of benzene rings is 1. The first-order chi connectivity index (χ1) is 10.2. The van der Waals surface area contributed by atoms with Crippen LogP contribution in [0.2, 0.25) is 5.02 Å². The molecule has 1 aromatic carbocycles. The second-order valence-electron chi connectivity index (χ2n) is 5.98. The summed E-state index contributed by atoms with van der Waals surface area (Å²) in [6.07, 6.45) is 6.24. The number of carbonyl (C=O) groups excluding carboxylic acids is 1. The van der Waals surface area contributed by atoms with E-state index >= 15 is 0 Å². The smallest absolute Gasteiger partial charge is 0.220 e. The van der Waals surface area contributed by atoms with E-state index in [1.807, 2.05) is 19.2 Å². The predicted octanol–water partition coefficient (Wildman–Crippen LogP) is 3.27. The fourth-order valence-electron chi connectivity index (χ4n) is 3.20. The van der Waals surface area contributed by atoms with Gasteiger partial charge in [0.1, 0.15) is 0 Å². The van der Waals surface area contributed by atoms with Crippen molar-refractivity contribution in [1.82, 2.24) is 10.6 Å². The molecule has 0 spiro atoms. The molecule has 4 heteroatoms. The van der Waals surface area contributed by atoms with E-state index in [1.54, 1.807) is 0 Å². The van der Waals surface area contributed by atoms with E-state index in [-0.39, 0.29) is 11.3 Å². The zero-order valence-electron chi connectivity index (χ0n) is 12.8. The molecule has 1 aliphatic carbocycles. The monoisotopic (exact) mass is 308 g/mol. The minimum Gasteiger partial charge on any atom is -0.355 e. The van der Waals surface area contributed by atoms with Crippen molar-refractivity contribution >= 4 is 17.5 Å². The maximum atomic E-state index is 11.9. The highest BCUT2D eigenvalue weighted by atomic mass is 35.5. The molecule has 0 atom stereocenters. The van der Waals surface area contributed by atoms with Crippen molar-refractivity contribution in [1.29, 1.82) is 0 Å². The minimum absolute atomic E-state index is 0.100. The molecule has 2 N–H and O–H groups in total. The Bertz CT molecular complexity index is 452. The molecule has 1 aromatic rings. The summed E-state index contributed by atoms with van der Waals surface area (Å²) in [5.41, 5.74) is 1.41. The van der Waals surface area contributed by atoms with Crippen LogP contribution in [0.25, 0.3) is 0 Å². The molecule has 116 valence electrons. The third kappa shape index (κ3) is 4.45. The number of hydrogen-bond donors (Lipinski definition) is 2. The quantitative estimate of drug-likeness (QED) is 0.759. The van der Waals surface area contributed by atoms with Crippen molar-refractivity contribution in [2.24, 2.45) is 0 Å². The summed E-state index contributed by atoms with van der Waals surface area (Å²) < 4.78 is 0. The van der Waals surface area contributed by atoms with Gasteiger partial charge in [0.15, 0.2) is 0 Å². The van der Waals surface area contributed by atoms with Crippen LogP contribution >= 0.6 is 11.6 Å². The minimum atomic E-state index is 0.100. The number of nitrogens with one attached hydrogen (secondary N) is 2. The highest BCUT2D eigenvalue weighted by molar-refractivity contribution is 6.30. The summed E-state index contributed by atoms with van der Waals surface area (Å²) in [6.45, 7) is 1.63. The molecule has 0 saturated heterocycles. The zero-order chi connectivity index (χ0) is 15.1. The Morgan fingerprint density at radius 1 is 1.24 bits per heavy atom. The van der Waals surface area contributed by atoms with Crippen LogP contribution in [0, 0.1) is 0 Å². The SMILES string of the molecule is CNCCCC(=O)NCC1(c2ccc(Cl)cc2)CCCC1. The molecule has 1 saturated carbocycles. The van der Waals surface area contributed by atoms with Crippen LogP contribution in [0.1, 0.15) is 44.1 Å². The van der Waals surface area contributed by atoms with Gasteiger partial charge in [-0.05, 0) is 50.6 Å². The molecular weight excluding hydrogens is 284 g/mol. The second kappa shape index (κ2) is 7.81. The van der Waals surface area contributed by atoms with Crippen LogP contribution in [0.15, 0.2) is 24.3 Å². The first kappa shape index (κ1) is 16.3. The van der Waals surface area contributed by atoms with Gasteiger partial charge in [0, 0.05) is 23.4 Å². The van der Waals surface area contributed by atoms with Gasteiger partial charge in [-0.1, -0.05) is 36.6 Å². The number of rotatable bonds is 7. The van der Waals surface area contributed by atoms with Crippen molar-refractivity contribution in [3.8, 4) is 0 Å². The van der Waals surface area contributed by atoms with Crippen LogP contribution < -0.4 is 10.6 Å². The lowest BCUT2D eigenvalue weighted by Crippen LogP contribution is -2.39. The van der Waals surface area contributed by atoms with Gasteiger partial charge in [-0.15, -0.1) is 0 Å². The standard InChI is InChI=1S/C17H25ClN2O/c1-19-12-4-5-16(21)20-13-17(10-2-3-11-17)14-6-8-15(18)9-7-14/h6-9,19H,2-5,10-13H2,1H3,(H,20,21). The molecule has 1 amide bonds. The Labute approximate surface area is 132 Å². The van der Waals surface area contributed by atoms with Crippen molar-refractivity contribution in [3.63, 3.8) is 0 Å². The second-order valence-corrected chi connectivity index (χ2v) is 6.41. The molecule has 0 bridgehead atoms. The van der Waals surface area contributed by atoms with E-state index in [4.69, 9.17) is 11.6 Å². The number of carbonyl (C=O) groups is 1. The molecule has 0 aliphatic heterocycles. The molecule has 1 aliphatic rings. The van der Waals surface area contributed by atoms with Crippen molar-refractivity contribution < 1.29 is 4.79 Å². The Morgan fingerprint density at radius 2 is 1.90 bits per heavy atom. The molecule has 0 radical (unpaired) electrons. The summed E-state index contributed by atoms with van der Waals surface area (Å²) in [5, 5.41) is 6.97. The number of amides is 1.